The standard InChI is InChI=1S/C20H22N2O4/c1-13-11-17(14(2)23)9-10-18(13)26-12-15-5-7-16(8-6-15)19(22-25-4)20(24)21-3/h5-11H,12H2,1-4H3,(H,21,24)/b22-19-. The number of aryl methyl sites for hydroxylation is 1. The van der Waals surface area contributed by atoms with Crippen molar-refractivity contribution in [1.82, 2.24) is 5.32 Å². The molecule has 26 heavy (non-hydrogen) atoms. The molecular formula is C20H22N2O4. The first-order valence-electron chi connectivity index (χ1n) is 8.13. The lowest BCUT2D eigenvalue weighted by Crippen LogP contribution is -2.28. The van der Waals surface area contributed by atoms with Crippen molar-refractivity contribution in [2.75, 3.05) is 14.2 Å². The van der Waals surface area contributed by atoms with Crippen LogP contribution in [0.4, 0.5) is 0 Å². The molecule has 2 aromatic rings. The van der Waals surface area contributed by atoms with E-state index in [0.717, 1.165) is 16.9 Å². The minimum atomic E-state index is -0.322. The van der Waals surface area contributed by atoms with Gasteiger partial charge in [-0.3, -0.25) is 9.59 Å². The molecule has 0 bridgehead atoms. The smallest absolute Gasteiger partial charge is 0.273 e. The third-order valence-electron chi connectivity index (χ3n) is 3.83. The van der Waals surface area contributed by atoms with E-state index >= 15 is 0 Å². The summed E-state index contributed by atoms with van der Waals surface area (Å²) in [7, 11) is 2.93. The third kappa shape index (κ3) is 4.69. The number of ether oxygens (including phenoxy) is 1. The maximum absolute atomic E-state index is 11.8. The predicted molar refractivity (Wildman–Crippen MR) is 99.6 cm³/mol. The lowest BCUT2D eigenvalue weighted by Gasteiger charge is -2.11. The van der Waals surface area contributed by atoms with Crippen molar-refractivity contribution >= 4 is 17.4 Å². The number of rotatable bonds is 7. The van der Waals surface area contributed by atoms with Crippen molar-refractivity contribution in [2.45, 2.75) is 20.5 Å². The number of hydrogen-bond donors (Lipinski definition) is 1. The van der Waals surface area contributed by atoms with Crippen LogP contribution < -0.4 is 10.1 Å². The third-order valence-corrected chi connectivity index (χ3v) is 3.83. The van der Waals surface area contributed by atoms with Gasteiger partial charge in [0.1, 0.15) is 19.5 Å². The van der Waals surface area contributed by atoms with Gasteiger partial charge in [0, 0.05) is 18.2 Å². The highest BCUT2D eigenvalue weighted by Gasteiger charge is 2.13. The van der Waals surface area contributed by atoms with Crippen molar-refractivity contribution in [1.29, 1.82) is 0 Å². The normalized spacial score (nSPS) is 11.0. The average Bonchev–Trinajstić information content (AvgIpc) is 2.65. The quantitative estimate of drug-likeness (QED) is 0.471. The second-order valence-corrected chi connectivity index (χ2v) is 5.72. The fourth-order valence-electron chi connectivity index (χ4n) is 2.39. The van der Waals surface area contributed by atoms with Gasteiger partial charge in [-0.05, 0) is 43.2 Å². The molecule has 0 atom stereocenters. The van der Waals surface area contributed by atoms with Crippen LogP contribution in [-0.2, 0) is 16.2 Å². The number of oxime groups is 1. The van der Waals surface area contributed by atoms with Gasteiger partial charge in [-0.25, -0.2) is 0 Å². The summed E-state index contributed by atoms with van der Waals surface area (Å²) in [6, 6.07) is 12.7. The number of hydrogen-bond acceptors (Lipinski definition) is 5. The van der Waals surface area contributed by atoms with Crippen LogP contribution in [0.15, 0.2) is 47.6 Å². The molecular weight excluding hydrogens is 332 g/mol. The fourth-order valence-corrected chi connectivity index (χ4v) is 2.39. The largest absolute Gasteiger partial charge is 0.489 e. The number of nitrogens with one attached hydrogen (secondary N) is 1. The Hall–Kier alpha value is -3.15. The molecule has 6 heteroatoms. The van der Waals surface area contributed by atoms with E-state index in [4.69, 9.17) is 9.57 Å². The van der Waals surface area contributed by atoms with E-state index < -0.39 is 0 Å². The fraction of sp³-hybridized carbons (Fsp3) is 0.250. The number of nitrogens with zero attached hydrogens (tertiary/aromatic N) is 1. The predicted octanol–water partition coefficient (Wildman–Crippen LogP) is 2.87. The topological polar surface area (TPSA) is 77.0 Å². The van der Waals surface area contributed by atoms with Crippen LogP contribution in [0.5, 0.6) is 5.75 Å². The van der Waals surface area contributed by atoms with Crippen molar-refractivity contribution in [3.05, 3.63) is 64.7 Å². The molecule has 2 aromatic carbocycles. The maximum Gasteiger partial charge on any atom is 0.273 e. The highest BCUT2D eigenvalue weighted by molar-refractivity contribution is 6.45. The second-order valence-electron chi connectivity index (χ2n) is 5.72. The van der Waals surface area contributed by atoms with Crippen LogP contribution in [0.25, 0.3) is 0 Å². The van der Waals surface area contributed by atoms with Crippen molar-refractivity contribution in [3.8, 4) is 5.75 Å². The summed E-state index contributed by atoms with van der Waals surface area (Å²) in [6.45, 7) is 3.82. The van der Waals surface area contributed by atoms with E-state index in [1.54, 1.807) is 24.3 Å². The minimum absolute atomic E-state index is 0.0277. The Morgan fingerprint density at radius 3 is 2.27 bits per heavy atom. The van der Waals surface area contributed by atoms with E-state index in [0.29, 0.717) is 17.7 Å². The van der Waals surface area contributed by atoms with E-state index in [1.165, 1.54) is 21.1 Å². The first kappa shape index (κ1) is 19.2. The molecule has 6 nitrogen and oxygen atoms in total. The average molecular weight is 354 g/mol. The zero-order valence-electron chi connectivity index (χ0n) is 15.3. The van der Waals surface area contributed by atoms with Crippen LogP contribution in [-0.4, -0.2) is 31.6 Å². The molecule has 0 heterocycles. The maximum atomic E-state index is 11.8. The summed E-state index contributed by atoms with van der Waals surface area (Å²) in [5, 5.41) is 6.30. The summed E-state index contributed by atoms with van der Waals surface area (Å²) in [4.78, 5) is 28.0. The highest BCUT2D eigenvalue weighted by Crippen LogP contribution is 2.21. The zero-order chi connectivity index (χ0) is 19.1. The number of amides is 1. The molecule has 2 rings (SSSR count). The van der Waals surface area contributed by atoms with E-state index in [-0.39, 0.29) is 17.4 Å². The first-order chi connectivity index (χ1) is 12.5. The van der Waals surface area contributed by atoms with E-state index in [2.05, 4.69) is 10.5 Å². The molecule has 0 radical (unpaired) electrons. The Labute approximate surface area is 152 Å². The Bertz CT molecular complexity index is 826. The van der Waals surface area contributed by atoms with Crippen LogP contribution in [0, 0.1) is 6.92 Å². The molecule has 0 aliphatic carbocycles. The lowest BCUT2D eigenvalue weighted by atomic mass is 10.1. The second kappa shape index (κ2) is 8.80. The summed E-state index contributed by atoms with van der Waals surface area (Å²) in [5.74, 6) is 0.433. The number of likely N-dealkylation sites (N-methyl/N-ethyl adjacent to an activating group) is 1. The SMILES string of the molecule is CNC(=O)/C(=N\OC)c1ccc(COc2ccc(C(C)=O)cc2C)cc1. The van der Waals surface area contributed by atoms with Gasteiger partial charge in [0.15, 0.2) is 11.5 Å². The first-order valence-corrected chi connectivity index (χ1v) is 8.13. The highest BCUT2D eigenvalue weighted by atomic mass is 16.6. The Morgan fingerprint density at radius 1 is 1.08 bits per heavy atom. The minimum Gasteiger partial charge on any atom is -0.489 e. The van der Waals surface area contributed by atoms with E-state index in [9.17, 15) is 9.59 Å². The number of Topliss-reactive ketones (excluding diaryl/α,β-unsaturated/α-hetero) is 1. The lowest BCUT2D eigenvalue weighted by molar-refractivity contribution is -0.114. The number of ketones is 1. The Balaban J connectivity index is 2.09. The molecule has 0 aliphatic heterocycles. The molecule has 1 N–H and O–H groups in total. The molecule has 0 fully saturated rings. The molecule has 0 saturated carbocycles. The number of carbonyl (C=O) groups is 2. The van der Waals surface area contributed by atoms with Crippen molar-refractivity contribution < 1.29 is 19.2 Å². The summed E-state index contributed by atoms with van der Waals surface area (Å²) in [6.07, 6.45) is 0. The zero-order valence-corrected chi connectivity index (χ0v) is 15.3. The van der Waals surface area contributed by atoms with Crippen LogP contribution in [0.1, 0.15) is 34.0 Å². The van der Waals surface area contributed by atoms with Gasteiger partial charge < -0.3 is 14.9 Å². The van der Waals surface area contributed by atoms with Crippen molar-refractivity contribution in [3.63, 3.8) is 0 Å². The Kier molecular flexibility index (Phi) is 6.49. The monoisotopic (exact) mass is 354 g/mol. The molecule has 0 saturated heterocycles. The van der Waals surface area contributed by atoms with Gasteiger partial charge in [-0.1, -0.05) is 29.4 Å². The molecule has 0 aromatic heterocycles. The molecule has 1 amide bonds. The molecule has 0 unspecified atom stereocenters. The number of benzene rings is 2. The molecule has 136 valence electrons. The summed E-state index contributed by atoms with van der Waals surface area (Å²) < 4.78 is 5.83. The van der Waals surface area contributed by atoms with Gasteiger partial charge in [0.25, 0.3) is 5.91 Å². The molecule has 0 spiro atoms. The van der Waals surface area contributed by atoms with Crippen LogP contribution >= 0.6 is 0 Å². The van der Waals surface area contributed by atoms with Crippen molar-refractivity contribution in [2.24, 2.45) is 5.16 Å². The van der Waals surface area contributed by atoms with Gasteiger partial charge in [0.2, 0.25) is 0 Å². The van der Waals surface area contributed by atoms with E-state index in [1.807, 2.05) is 25.1 Å². The van der Waals surface area contributed by atoms with Gasteiger partial charge >= 0.3 is 0 Å². The Morgan fingerprint density at radius 2 is 1.73 bits per heavy atom. The van der Waals surface area contributed by atoms with Crippen LogP contribution in [0.2, 0.25) is 0 Å². The molecule has 0 aliphatic rings. The van der Waals surface area contributed by atoms with Crippen LogP contribution in [0.3, 0.4) is 0 Å². The summed E-state index contributed by atoms with van der Waals surface area (Å²) >= 11 is 0. The van der Waals surface area contributed by atoms with Gasteiger partial charge in [0.05, 0.1) is 0 Å². The van der Waals surface area contributed by atoms with Gasteiger partial charge in [-0.15, -0.1) is 0 Å². The summed E-state index contributed by atoms with van der Waals surface area (Å²) in [5.41, 5.74) is 3.37. The van der Waals surface area contributed by atoms with Gasteiger partial charge in [-0.2, -0.15) is 0 Å². The number of carbonyl (C=O) groups excluding carboxylic acids is 2.